The van der Waals surface area contributed by atoms with Gasteiger partial charge in [-0.15, -0.1) is 0 Å². The van der Waals surface area contributed by atoms with Gasteiger partial charge in [0.05, 0.1) is 10.2 Å². The third-order valence-electron chi connectivity index (χ3n) is 0. The Kier molecular flexibility index (Phi) is 92.5. The molecule has 0 aliphatic rings. The second-order valence-electron chi connectivity index (χ2n) is 0.447. The van der Waals surface area contributed by atoms with E-state index in [0.717, 1.165) is 0 Å². The van der Waals surface area contributed by atoms with E-state index in [1.165, 1.54) is 0 Å². The molecule has 0 heterocycles. The van der Waals surface area contributed by atoms with Crippen LogP contribution in [-0.4, -0.2) is 15.6 Å². The standard InChI is InChI=1S/2NO3.3Na.H2O/c2*2-1(3)4;;;;/h;;;;;1H2/q2*-1;3*+1;/p-1. The Morgan fingerprint density at radius 2 is 0.667 bits per heavy atom. The van der Waals surface area contributed by atoms with Crippen LogP contribution >= 0.6 is 0 Å². The van der Waals surface area contributed by atoms with Crippen LogP contribution in [0.2, 0.25) is 0 Å². The van der Waals surface area contributed by atoms with Gasteiger partial charge in [0, 0.05) is 0 Å². The van der Waals surface area contributed by atoms with Crippen LogP contribution in [0.1, 0.15) is 0 Å². The topological polar surface area (TPSA) is 162 Å². The normalized spacial score (nSPS) is 4.00. The fraction of sp³-hybridized carbons (Fsp3) is 0. The van der Waals surface area contributed by atoms with Crippen molar-refractivity contribution in [3.8, 4) is 0 Å². The second-order valence-corrected chi connectivity index (χ2v) is 0.447. The molecule has 0 aromatic heterocycles. The van der Waals surface area contributed by atoms with Gasteiger partial charge in [-0.05, 0) is 0 Å². The van der Waals surface area contributed by atoms with Crippen LogP contribution in [0, 0.1) is 30.6 Å². The molecule has 9 nitrogen and oxygen atoms in total. The fourth-order valence-corrected chi connectivity index (χ4v) is 0. The molecular formula is HN2Na3O7. The maximum atomic E-state index is 8.25. The third-order valence-corrected chi connectivity index (χ3v) is 0. The first kappa shape index (κ1) is 37.7. The molecule has 56 valence electrons. The van der Waals surface area contributed by atoms with Gasteiger partial charge in [-0.1, -0.05) is 0 Å². The van der Waals surface area contributed by atoms with E-state index in [1.54, 1.807) is 0 Å². The molecule has 0 saturated carbocycles. The number of hydrogen-bond acceptors (Lipinski definition) is 7. The predicted molar refractivity (Wildman–Crippen MR) is 22.7 cm³/mol. The number of nitrogens with zero attached hydrogens (tertiary/aromatic N) is 2. The van der Waals surface area contributed by atoms with Gasteiger partial charge in [0.1, 0.15) is 0 Å². The zero-order valence-corrected chi connectivity index (χ0v) is 12.8. The molecule has 0 spiro atoms. The largest absolute Gasteiger partial charge is 1.00 e. The Labute approximate surface area is 133 Å². The summed E-state index contributed by atoms with van der Waals surface area (Å²) in [6.07, 6.45) is 0. The maximum absolute atomic E-state index is 8.25. The van der Waals surface area contributed by atoms with E-state index >= 15 is 0 Å². The third kappa shape index (κ3) is 659. The van der Waals surface area contributed by atoms with Crippen LogP contribution in [0.25, 0.3) is 0 Å². The van der Waals surface area contributed by atoms with Crippen LogP contribution in [0.5, 0.6) is 0 Å². The first-order chi connectivity index (χ1) is 3.46. The molecule has 0 saturated heterocycles. The Morgan fingerprint density at radius 1 is 0.667 bits per heavy atom. The average Bonchev–Trinajstić information content (AvgIpc) is 1.25. The summed E-state index contributed by atoms with van der Waals surface area (Å²) in [7, 11) is 0. The van der Waals surface area contributed by atoms with Crippen molar-refractivity contribution in [2.75, 3.05) is 0 Å². The molecule has 0 fully saturated rings. The van der Waals surface area contributed by atoms with Crippen molar-refractivity contribution in [2.24, 2.45) is 0 Å². The van der Waals surface area contributed by atoms with E-state index in [1.807, 2.05) is 0 Å². The van der Waals surface area contributed by atoms with E-state index in [2.05, 4.69) is 0 Å². The van der Waals surface area contributed by atoms with Crippen molar-refractivity contribution in [3.05, 3.63) is 30.6 Å². The van der Waals surface area contributed by atoms with Crippen molar-refractivity contribution in [2.45, 2.75) is 0 Å². The smallest absolute Gasteiger partial charge is 0.870 e. The summed E-state index contributed by atoms with van der Waals surface area (Å²) in [6, 6.07) is 0. The van der Waals surface area contributed by atoms with Gasteiger partial charge >= 0.3 is 88.7 Å². The van der Waals surface area contributed by atoms with Gasteiger partial charge in [0.2, 0.25) is 0 Å². The van der Waals surface area contributed by atoms with E-state index < -0.39 is 10.2 Å². The van der Waals surface area contributed by atoms with Crippen LogP contribution in [-0.2, 0) is 0 Å². The van der Waals surface area contributed by atoms with Crippen molar-refractivity contribution >= 4 is 0 Å². The van der Waals surface area contributed by atoms with Crippen LogP contribution < -0.4 is 88.7 Å². The molecular weight excluding hydrogens is 209 g/mol. The first-order valence-electron chi connectivity index (χ1n) is 1.10. The van der Waals surface area contributed by atoms with E-state index in [4.69, 9.17) is 30.6 Å². The summed E-state index contributed by atoms with van der Waals surface area (Å²) in [5.41, 5.74) is 0. The Bertz CT molecular complexity index is 74.7. The van der Waals surface area contributed by atoms with Gasteiger partial charge < -0.3 is 36.1 Å². The fourth-order valence-electron chi connectivity index (χ4n) is 0. The summed E-state index contributed by atoms with van der Waals surface area (Å²) in [5, 5.41) is 29.5. The average molecular weight is 210 g/mol. The number of hydrogen-bond donors (Lipinski definition) is 0. The zero-order chi connectivity index (χ0) is 7.15. The predicted octanol–water partition coefficient (Wildman–Crippen LogP) is -9.64. The Balaban J connectivity index is -0.0000000112. The summed E-state index contributed by atoms with van der Waals surface area (Å²) >= 11 is 0. The second kappa shape index (κ2) is 29.4. The van der Waals surface area contributed by atoms with Gasteiger partial charge in [-0.2, -0.15) is 0 Å². The first-order valence-corrected chi connectivity index (χ1v) is 1.10. The molecule has 0 bridgehead atoms. The van der Waals surface area contributed by atoms with E-state index in [-0.39, 0.29) is 94.1 Å². The van der Waals surface area contributed by atoms with Crippen molar-refractivity contribution in [1.82, 2.24) is 0 Å². The molecule has 0 rings (SSSR count). The maximum Gasteiger partial charge on any atom is 1.00 e. The van der Waals surface area contributed by atoms with Crippen LogP contribution in [0.3, 0.4) is 0 Å². The van der Waals surface area contributed by atoms with Crippen molar-refractivity contribution in [3.63, 3.8) is 0 Å². The summed E-state index contributed by atoms with van der Waals surface area (Å²) in [5.74, 6) is 0. The summed E-state index contributed by atoms with van der Waals surface area (Å²) < 4.78 is 0. The summed E-state index contributed by atoms with van der Waals surface area (Å²) in [4.78, 5) is 16.5. The summed E-state index contributed by atoms with van der Waals surface area (Å²) in [6.45, 7) is 0. The molecule has 0 aromatic carbocycles. The minimum Gasteiger partial charge on any atom is -0.870 e. The van der Waals surface area contributed by atoms with E-state index in [0.29, 0.717) is 0 Å². The molecule has 0 unspecified atom stereocenters. The molecule has 0 aliphatic heterocycles. The quantitative estimate of drug-likeness (QED) is 0.217. The molecule has 0 radical (unpaired) electrons. The van der Waals surface area contributed by atoms with Gasteiger partial charge in [-0.25, -0.2) is 0 Å². The SMILES string of the molecule is O=[N+]([O-])[O-].O=[N+]([O-])[O-].[Na+].[Na+].[Na+].[OH-]. The minimum atomic E-state index is -1.75. The molecule has 1 N–H and O–H groups in total. The molecule has 0 amide bonds. The van der Waals surface area contributed by atoms with Crippen LogP contribution in [0.15, 0.2) is 0 Å². The minimum absolute atomic E-state index is 0. The number of rotatable bonds is 0. The zero-order valence-electron chi connectivity index (χ0n) is 6.79. The van der Waals surface area contributed by atoms with Crippen molar-refractivity contribution in [1.29, 1.82) is 0 Å². The molecule has 0 aliphatic carbocycles. The molecule has 12 heavy (non-hydrogen) atoms. The van der Waals surface area contributed by atoms with E-state index in [9.17, 15) is 0 Å². The Morgan fingerprint density at radius 3 is 0.667 bits per heavy atom. The molecule has 0 aromatic rings. The van der Waals surface area contributed by atoms with Crippen LogP contribution in [0.4, 0.5) is 0 Å². The van der Waals surface area contributed by atoms with Gasteiger partial charge in [0.15, 0.2) is 0 Å². The monoisotopic (exact) mass is 210 g/mol. The molecule has 0 atom stereocenters. The van der Waals surface area contributed by atoms with Gasteiger partial charge in [-0.3, -0.25) is 0 Å². The van der Waals surface area contributed by atoms with Crippen molar-refractivity contribution < 1.29 is 104 Å². The van der Waals surface area contributed by atoms with Gasteiger partial charge in [0.25, 0.3) is 0 Å². The molecule has 12 heteroatoms. The Hall–Kier alpha value is 1.36.